The van der Waals surface area contributed by atoms with Crippen molar-refractivity contribution in [3.63, 3.8) is 0 Å². The minimum Gasteiger partial charge on any atom is -0.505 e. The van der Waals surface area contributed by atoms with Crippen LogP contribution in [0, 0.1) is 10.1 Å². The van der Waals surface area contributed by atoms with Gasteiger partial charge in [0.05, 0.1) is 11.1 Å². The van der Waals surface area contributed by atoms with Crippen LogP contribution in [0.2, 0.25) is 0 Å². The molecule has 7 nitrogen and oxygen atoms in total. The summed E-state index contributed by atoms with van der Waals surface area (Å²) in [6.07, 6.45) is -4.87. The second-order valence-electron chi connectivity index (χ2n) is 2.75. The Bertz CT molecular complexity index is 519. The van der Waals surface area contributed by atoms with Crippen LogP contribution in [0.25, 0.3) is 0 Å². The molecule has 1 aromatic heterocycles. The Hall–Kier alpha value is -2.10. The van der Waals surface area contributed by atoms with Crippen LogP contribution in [-0.2, 0) is 0 Å². The van der Waals surface area contributed by atoms with Crippen molar-refractivity contribution < 1.29 is 32.7 Å². The van der Waals surface area contributed by atoms with E-state index in [1.807, 2.05) is 0 Å². The van der Waals surface area contributed by atoms with E-state index in [4.69, 9.17) is 16.7 Å². The molecular weight excluding hydrogens is 285 g/mol. The van der Waals surface area contributed by atoms with Gasteiger partial charge < -0.3 is 9.84 Å². The Morgan fingerprint density at radius 3 is 2.50 bits per heavy atom. The van der Waals surface area contributed by atoms with Crippen LogP contribution in [0.15, 0.2) is 6.20 Å². The topological polar surface area (TPSA) is 103 Å². The number of alkyl halides is 3. The SMILES string of the molecule is O=C(Cl)c1c(O)cnc(OC(F)(F)F)c1[N+](=O)[O-]. The van der Waals surface area contributed by atoms with Gasteiger partial charge in [-0.2, -0.15) is 0 Å². The maximum absolute atomic E-state index is 12.0. The lowest BCUT2D eigenvalue weighted by Gasteiger charge is -2.09. The van der Waals surface area contributed by atoms with E-state index in [0.29, 0.717) is 6.20 Å². The van der Waals surface area contributed by atoms with Gasteiger partial charge in [-0.25, -0.2) is 4.98 Å². The zero-order chi connectivity index (χ0) is 14.1. The minimum atomic E-state index is -5.25. The molecule has 0 unspecified atom stereocenters. The minimum absolute atomic E-state index is 0.379. The summed E-state index contributed by atoms with van der Waals surface area (Å²) in [6, 6.07) is 0. The summed E-state index contributed by atoms with van der Waals surface area (Å²) in [6.45, 7) is 0. The first-order valence-electron chi connectivity index (χ1n) is 3.95. The fourth-order valence-corrected chi connectivity index (χ4v) is 1.21. The number of nitro groups is 1. The van der Waals surface area contributed by atoms with Crippen LogP contribution >= 0.6 is 11.6 Å². The molecule has 11 heteroatoms. The largest absolute Gasteiger partial charge is 0.574 e. The fraction of sp³-hybridized carbons (Fsp3) is 0.143. The number of rotatable bonds is 3. The molecule has 0 amide bonds. The number of aromatic nitrogens is 1. The van der Waals surface area contributed by atoms with Gasteiger partial charge in [-0.3, -0.25) is 14.9 Å². The number of carbonyl (C=O) groups excluding carboxylic acids is 1. The molecule has 0 aliphatic heterocycles. The summed E-state index contributed by atoms with van der Waals surface area (Å²) >= 11 is 4.93. The summed E-state index contributed by atoms with van der Waals surface area (Å²) in [5.74, 6) is -2.52. The molecule has 0 atom stereocenters. The molecule has 0 spiro atoms. The van der Waals surface area contributed by atoms with Crippen molar-refractivity contribution in [2.45, 2.75) is 6.36 Å². The van der Waals surface area contributed by atoms with Gasteiger partial charge in [0.1, 0.15) is 0 Å². The van der Waals surface area contributed by atoms with E-state index in [-0.39, 0.29) is 0 Å². The highest BCUT2D eigenvalue weighted by molar-refractivity contribution is 6.68. The predicted molar refractivity (Wildman–Crippen MR) is 49.4 cm³/mol. The van der Waals surface area contributed by atoms with Crippen molar-refractivity contribution in [2.75, 3.05) is 0 Å². The van der Waals surface area contributed by atoms with Gasteiger partial charge in [0, 0.05) is 0 Å². The molecule has 0 saturated carbocycles. The van der Waals surface area contributed by atoms with Crippen LogP contribution < -0.4 is 4.74 Å². The maximum Gasteiger partial charge on any atom is 0.574 e. The maximum atomic E-state index is 12.0. The molecule has 1 heterocycles. The highest BCUT2D eigenvalue weighted by atomic mass is 35.5. The van der Waals surface area contributed by atoms with E-state index in [1.165, 1.54) is 0 Å². The summed E-state index contributed by atoms with van der Waals surface area (Å²) in [5, 5.41) is 18.2. The first-order valence-corrected chi connectivity index (χ1v) is 4.33. The number of aromatic hydroxyl groups is 1. The summed E-state index contributed by atoms with van der Waals surface area (Å²) < 4.78 is 39.1. The predicted octanol–water partition coefficient (Wildman–Crippen LogP) is 1.97. The first kappa shape index (κ1) is 14.0. The average molecular weight is 287 g/mol. The lowest BCUT2D eigenvalue weighted by atomic mass is 10.2. The lowest BCUT2D eigenvalue weighted by molar-refractivity contribution is -0.389. The highest BCUT2D eigenvalue weighted by Crippen LogP contribution is 2.37. The molecule has 1 N–H and O–H groups in total. The van der Waals surface area contributed by atoms with Crippen molar-refractivity contribution in [1.82, 2.24) is 4.98 Å². The van der Waals surface area contributed by atoms with E-state index in [2.05, 4.69) is 9.72 Å². The Labute approximate surface area is 101 Å². The quantitative estimate of drug-likeness (QED) is 0.517. The number of halogens is 4. The van der Waals surface area contributed by atoms with Crippen molar-refractivity contribution in [1.29, 1.82) is 0 Å². The number of carbonyl (C=O) groups is 1. The molecule has 1 aromatic rings. The number of ether oxygens (including phenoxy) is 1. The van der Waals surface area contributed by atoms with Crippen molar-refractivity contribution in [2.24, 2.45) is 0 Å². The van der Waals surface area contributed by atoms with E-state index in [1.54, 1.807) is 0 Å². The molecule has 98 valence electrons. The molecule has 1 rings (SSSR count). The van der Waals surface area contributed by atoms with Gasteiger partial charge in [-0.05, 0) is 11.6 Å². The van der Waals surface area contributed by atoms with Gasteiger partial charge in [-0.15, -0.1) is 13.2 Å². The zero-order valence-corrected chi connectivity index (χ0v) is 8.82. The van der Waals surface area contributed by atoms with Crippen LogP contribution in [0.3, 0.4) is 0 Å². The Morgan fingerprint density at radius 1 is 1.56 bits per heavy atom. The van der Waals surface area contributed by atoms with Gasteiger partial charge in [0.25, 0.3) is 5.24 Å². The normalized spacial score (nSPS) is 11.1. The third kappa shape index (κ3) is 2.97. The second kappa shape index (κ2) is 4.64. The third-order valence-electron chi connectivity index (χ3n) is 1.59. The van der Waals surface area contributed by atoms with E-state index < -0.39 is 39.4 Å². The van der Waals surface area contributed by atoms with Gasteiger partial charge in [0.15, 0.2) is 11.3 Å². The Morgan fingerprint density at radius 2 is 2.11 bits per heavy atom. The van der Waals surface area contributed by atoms with Crippen LogP contribution in [0.1, 0.15) is 10.4 Å². The molecule has 18 heavy (non-hydrogen) atoms. The van der Waals surface area contributed by atoms with Crippen LogP contribution in [0.5, 0.6) is 11.6 Å². The smallest absolute Gasteiger partial charge is 0.505 e. The van der Waals surface area contributed by atoms with Crippen LogP contribution in [-0.4, -0.2) is 26.6 Å². The molecule has 0 aliphatic carbocycles. The van der Waals surface area contributed by atoms with Crippen molar-refractivity contribution >= 4 is 22.5 Å². The Kier molecular flexibility index (Phi) is 3.60. The fourth-order valence-electron chi connectivity index (χ4n) is 1.02. The highest BCUT2D eigenvalue weighted by Gasteiger charge is 2.38. The van der Waals surface area contributed by atoms with Gasteiger partial charge in [-0.1, -0.05) is 0 Å². The first-order chi connectivity index (χ1) is 8.13. The van der Waals surface area contributed by atoms with Gasteiger partial charge >= 0.3 is 17.9 Å². The van der Waals surface area contributed by atoms with Crippen molar-refractivity contribution in [3.05, 3.63) is 21.9 Å². The molecular formula is C7H2ClF3N2O5. The van der Waals surface area contributed by atoms with E-state index >= 15 is 0 Å². The number of pyridine rings is 1. The number of nitrogens with zero attached hydrogens (tertiary/aromatic N) is 2. The second-order valence-corrected chi connectivity index (χ2v) is 3.09. The number of hydrogen-bond acceptors (Lipinski definition) is 6. The molecule has 0 saturated heterocycles. The third-order valence-corrected chi connectivity index (χ3v) is 1.78. The molecule has 0 radical (unpaired) electrons. The standard InChI is InChI=1S/C7H2ClF3N2O5/c8-5(15)3-2(14)1-12-6(4(3)13(16)17)18-7(9,10)11/h1,14H. The van der Waals surface area contributed by atoms with Crippen molar-refractivity contribution in [3.8, 4) is 11.6 Å². The lowest BCUT2D eigenvalue weighted by Crippen LogP contribution is -2.19. The average Bonchev–Trinajstić information content (AvgIpc) is 2.17. The van der Waals surface area contributed by atoms with E-state index in [0.717, 1.165) is 0 Å². The molecule has 0 aliphatic rings. The zero-order valence-electron chi connectivity index (χ0n) is 8.06. The number of hydrogen-bond donors (Lipinski definition) is 1. The summed E-state index contributed by atoms with van der Waals surface area (Å²) in [5.41, 5.74) is -2.59. The molecule has 0 fully saturated rings. The monoisotopic (exact) mass is 286 g/mol. The summed E-state index contributed by atoms with van der Waals surface area (Å²) in [4.78, 5) is 22.9. The molecule has 0 aromatic carbocycles. The molecule has 0 bridgehead atoms. The van der Waals surface area contributed by atoms with E-state index in [9.17, 15) is 28.1 Å². The van der Waals surface area contributed by atoms with Crippen LogP contribution in [0.4, 0.5) is 18.9 Å². The Balaban J connectivity index is 3.49. The summed E-state index contributed by atoms with van der Waals surface area (Å²) in [7, 11) is 0. The van der Waals surface area contributed by atoms with Gasteiger partial charge in [0.2, 0.25) is 0 Å².